The highest BCUT2D eigenvalue weighted by molar-refractivity contribution is 5.96. The Morgan fingerprint density at radius 2 is 2.03 bits per heavy atom. The number of ether oxygens (including phenoxy) is 1. The number of nitrogens with zero attached hydrogens (tertiary/aromatic N) is 3. The second-order valence-corrected chi connectivity index (χ2v) is 8.32. The number of pyridine rings is 1. The lowest BCUT2D eigenvalue weighted by atomic mass is 10.0. The van der Waals surface area contributed by atoms with Gasteiger partial charge >= 0.3 is 0 Å². The zero-order valence-corrected chi connectivity index (χ0v) is 19.4. The highest BCUT2D eigenvalue weighted by Gasteiger charge is 2.31. The lowest BCUT2D eigenvalue weighted by molar-refractivity contribution is -0.129. The van der Waals surface area contributed by atoms with Gasteiger partial charge in [-0.25, -0.2) is 4.98 Å². The Hall–Kier alpha value is -4.25. The number of benzene rings is 1. The molecule has 1 aliphatic rings. The Balaban J connectivity index is 1.40. The molecule has 0 radical (unpaired) electrons. The fourth-order valence-electron chi connectivity index (χ4n) is 3.53. The average molecular weight is 478 g/mol. The summed E-state index contributed by atoms with van der Waals surface area (Å²) in [6.07, 6.45) is 3.14. The molecule has 1 saturated heterocycles. The van der Waals surface area contributed by atoms with Crippen molar-refractivity contribution in [1.82, 2.24) is 30.9 Å². The number of aromatic nitrogens is 3. The van der Waals surface area contributed by atoms with Gasteiger partial charge in [0.05, 0.1) is 18.3 Å². The largest absolute Gasteiger partial charge is 0.384 e. The number of hydrogen-bond donors (Lipinski definition) is 4. The van der Waals surface area contributed by atoms with Crippen LogP contribution in [-0.4, -0.2) is 45.2 Å². The Kier molecular flexibility index (Phi) is 7.06. The van der Waals surface area contributed by atoms with Crippen molar-refractivity contribution in [2.75, 3.05) is 12.3 Å². The number of carbonyl (C=O) groups excluding carboxylic acids is 3. The third-order valence-corrected chi connectivity index (χ3v) is 5.57. The van der Waals surface area contributed by atoms with Crippen LogP contribution in [0.3, 0.4) is 0 Å². The summed E-state index contributed by atoms with van der Waals surface area (Å²) in [7, 11) is 1.86. The quantitative estimate of drug-likeness (QED) is 0.279. The summed E-state index contributed by atoms with van der Waals surface area (Å²) in [5.41, 5.74) is 14.1. The molecule has 35 heavy (non-hydrogen) atoms. The van der Waals surface area contributed by atoms with E-state index in [9.17, 15) is 14.4 Å². The topological polar surface area (TPSA) is 157 Å². The van der Waals surface area contributed by atoms with E-state index in [0.29, 0.717) is 17.7 Å². The van der Waals surface area contributed by atoms with Gasteiger partial charge in [-0.2, -0.15) is 5.10 Å². The van der Waals surface area contributed by atoms with E-state index in [1.54, 1.807) is 4.68 Å². The lowest BCUT2D eigenvalue weighted by Crippen LogP contribution is -2.43. The average Bonchev–Trinajstić information content (AvgIpc) is 3.62. The first-order chi connectivity index (χ1) is 16.8. The van der Waals surface area contributed by atoms with Gasteiger partial charge in [0, 0.05) is 37.0 Å². The zero-order chi connectivity index (χ0) is 24.9. The van der Waals surface area contributed by atoms with Crippen molar-refractivity contribution in [3.8, 4) is 11.3 Å². The van der Waals surface area contributed by atoms with E-state index in [4.69, 9.17) is 10.5 Å². The second kappa shape index (κ2) is 10.3. The molecule has 2 unspecified atom stereocenters. The number of aryl methyl sites for hydroxylation is 2. The molecular weight excluding hydrogens is 450 g/mol. The molecule has 11 nitrogen and oxygen atoms in total. The molecule has 0 saturated carbocycles. The number of nitrogens with one attached hydrogen (secondary N) is 3. The zero-order valence-electron chi connectivity index (χ0n) is 19.4. The van der Waals surface area contributed by atoms with Gasteiger partial charge in [-0.15, -0.1) is 0 Å². The molecule has 1 fully saturated rings. The standard InChI is InChI=1S/C24H27N7O4/c1-14(15-4-3-5-16(10-15)19-8-9-31(2)30-19)27-23(33)18-11-21(25)26-12-17(18)6-7-22(32)28-29-24(34)20-13-35-20/h3-5,8-12,14,20H,6-7,13H2,1-2H3,(H2,25,26)(H,27,33)(H,28,32)(H,29,34). The SMILES string of the molecule is CC(NC(=O)c1cc(N)ncc1CCC(=O)NNC(=O)C1CO1)c1cccc(-c2ccn(C)n2)c1. The van der Waals surface area contributed by atoms with Crippen molar-refractivity contribution in [2.24, 2.45) is 7.05 Å². The molecule has 2 atom stereocenters. The minimum atomic E-state index is -0.501. The van der Waals surface area contributed by atoms with Gasteiger partial charge in [0.2, 0.25) is 5.91 Å². The molecular formula is C24H27N7O4. The van der Waals surface area contributed by atoms with E-state index in [1.165, 1.54) is 12.3 Å². The molecule has 1 aromatic carbocycles. The van der Waals surface area contributed by atoms with E-state index in [2.05, 4.69) is 26.3 Å². The van der Waals surface area contributed by atoms with Crippen molar-refractivity contribution < 1.29 is 19.1 Å². The Labute approximate surface area is 202 Å². The van der Waals surface area contributed by atoms with Crippen molar-refractivity contribution in [3.05, 3.63) is 65.5 Å². The maximum atomic E-state index is 13.1. The van der Waals surface area contributed by atoms with Gasteiger partial charge in [-0.05, 0) is 42.7 Å². The highest BCUT2D eigenvalue weighted by Crippen LogP contribution is 2.23. The summed E-state index contributed by atoms with van der Waals surface area (Å²) in [4.78, 5) is 40.8. The van der Waals surface area contributed by atoms with Gasteiger partial charge in [-0.3, -0.25) is 29.9 Å². The number of nitrogens with two attached hydrogens (primary N) is 1. The Morgan fingerprint density at radius 1 is 1.23 bits per heavy atom. The van der Waals surface area contributed by atoms with E-state index in [1.807, 2.05) is 50.5 Å². The van der Waals surface area contributed by atoms with Gasteiger partial charge in [0.25, 0.3) is 11.8 Å². The normalized spacial score (nSPS) is 15.2. The summed E-state index contributed by atoms with van der Waals surface area (Å²) in [5, 5.41) is 7.42. The van der Waals surface area contributed by atoms with Crippen molar-refractivity contribution >= 4 is 23.5 Å². The molecule has 182 valence electrons. The fourth-order valence-corrected chi connectivity index (χ4v) is 3.53. The van der Waals surface area contributed by atoms with Crippen LogP contribution in [0, 0.1) is 0 Å². The molecule has 11 heteroatoms. The van der Waals surface area contributed by atoms with Crippen LogP contribution in [0.25, 0.3) is 11.3 Å². The van der Waals surface area contributed by atoms with Crippen LogP contribution >= 0.6 is 0 Å². The maximum absolute atomic E-state index is 13.1. The number of rotatable bonds is 8. The minimum Gasteiger partial charge on any atom is -0.384 e. The van der Waals surface area contributed by atoms with E-state index in [0.717, 1.165) is 16.8 Å². The van der Waals surface area contributed by atoms with Crippen LogP contribution in [0.2, 0.25) is 0 Å². The summed E-state index contributed by atoms with van der Waals surface area (Å²) < 4.78 is 6.58. The third-order valence-electron chi connectivity index (χ3n) is 5.57. The molecule has 2 aromatic heterocycles. The first-order valence-electron chi connectivity index (χ1n) is 11.2. The number of carbonyl (C=O) groups is 3. The van der Waals surface area contributed by atoms with Gasteiger partial charge < -0.3 is 15.8 Å². The van der Waals surface area contributed by atoms with Crippen molar-refractivity contribution in [3.63, 3.8) is 0 Å². The fraction of sp³-hybridized carbons (Fsp3) is 0.292. The molecule has 0 bridgehead atoms. The summed E-state index contributed by atoms with van der Waals surface area (Å²) in [6.45, 7) is 2.24. The smallest absolute Gasteiger partial charge is 0.269 e. The van der Waals surface area contributed by atoms with Gasteiger partial charge in [-0.1, -0.05) is 18.2 Å². The minimum absolute atomic E-state index is 0.0410. The highest BCUT2D eigenvalue weighted by atomic mass is 16.6. The molecule has 4 rings (SSSR count). The molecule has 3 heterocycles. The Morgan fingerprint density at radius 3 is 2.74 bits per heavy atom. The lowest BCUT2D eigenvalue weighted by Gasteiger charge is -2.17. The van der Waals surface area contributed by atoms with Gasteiger partial charge in [0.15, 0.2) is 6.10 Å². The first-order valence-corrected chi connectivity index (χ1v) is 11.2. The second-order valence-electron chi connectivity index (χ2n) is 8.32. The molecule has 0 spiro atoms. The first kappa shape index (κ1) is 23.9. The predicted molar refractivity (Wildman–Crippen MR) is 128 cm³/mol. The number of amides is 3. The number of anilines is 1. The van der Waals surface area contributed by atoms with Crippen molar-refractivity contribution in [1.29, 1.82) is 0 Å². The van der Waals surface area contributed by atoms with Crippen molar-refractivity contribution in [2.45, 2.75) is 31.9 Å². The molecule has 1 aliphatic heterocycles. The number of epoxide rings is 1. The van der Waals surface area contributed by atoms with Crippen LogP contribution in [0.1, 0.15) is 40.9 Å². The third kappa shape index (κ3) is 6.21. The number of hydrazine groups is 1. The molecule has 3 amide bonds. The van der Waals surface area contributed by atoms with Crippen LogP contribution < -0.4 is 21.9 Å². The monoisotopic (exact) mass is 477 g/mol. The van der Waals surface area contributed by atoms with E-state index in [-0.39, 0.29) is 30.6 Å². The van der Waals surface area contributed by atoms with Crippen LogP contribution in [-0.2, 0) is 27.8 Å². The number of hydrogen-bond acceptors (Lipinski definition) is 7. The van der Waals surface area contributed by atoms with Crippen LogP contribution in [0.15, 0.2) is 48.8 Å². The number of nitrogen functional groups attached to an aromatic ring is 1. The molecule has 5 N–H and O–H groups in total. The van der Waals surface area contributed by atoms with E-state index < -0.39 is 17.9 Å². The molecule has 3 aromatic rings. The predicted octanol–water partition coefficient (Wildman–Crippen LogP) is 1.03. The van der Waals surface area contributed by atoms with E-state index >= 15 is 0 Å². The maximum Gasteiger partial charge on any atom is 0.269 e. The summed E-state index contributed by atoms with van der Waals surface area (Å²) in [6, 6.07) is 10.9. The summed E-state index contributed by atoms with van der Waals surface area (Å²) >= 11 is 0. The Bertz CT molecular complexity index is 1250. The van der Waals surface area contributed by atoms with Gasteiger partial charge in [0.1, 0.15) is 5.82 Å². The summed E-state index contributed by atoms with van der Waals surface area (Å²) in [5.74, 6) is -0.926. The van der Waals surface area contributed by atoms with Crippen LogP contribution in [0.5, 0.6) is 0 Å². The molecule has 0 aliphatic carbocycles. The van der Waals surface area contributed by atoms with Crippen LogP contribution in [0.4, 0.5) is 5.82 Å².